The van der Waals surface area contributed by atoms with Crippen LogP contribution in [0.5, 0.6) is 0 Å². The number of unbranched alkanes of at least 4 members (excludes halogenated alkanes) is 2. The van der Waals surface area contributed by atoms with Gasteiger partial charge in [0.1, 0.15) is 0 Å². The lowest BCUT2D eigenvalue weighted by atomic mass is 10.0. The average molecular weight is 235 g/mol. The number of carboxylic acids is 1. The summed E-state index contributed by atoms with van der Waals surface area (Å²) >= 11 is 0. The van der Waals surface area contributed by atoms with Crippen LogP contribution >= 0.6 is 0 Å². The summed E-state index contributed by atoms with van der Waals surface area (Å²) in [6.07, 6.45) is 7.24. The van der Waals surface area contributed by atoms with Crippen molar-refractivity contribution in [3.05, 3.63) is 29.6 Å². The second-order valence-corrected chi connectivity index (χ2v) is 4.83. The van der Waals surface area contributed by atoms with Crippen LogP contribution in [-0.2, 0) is 6.42 Å². The first-order chi connectivity index (χ1) is 8.09. The molecule has 0 radical (unpaired) electrons. The van der Waals surface area contributed by atoms with E-state index in [2.05, 4.69) is 18.8 Å². The molecule has 0 unspecified atom stereocenters. The van der Waals surface area contributed by atoms with Gasteiger partial charge >= 0.3 is 5.97 Å². The maximum Gasteiger partial charge on any atom is 0.335 e. The fraction of sp³-hybridized carbons (Fsp3) is 0.571. The van der Waals surface area contributed by atoms with Crippen molar-refractivity contribution in [1.29, 1.82) is 0 Å². The molecule has 1 aromatic rings. The molecule has 0 saturated carbocycles. The molecule has 94 valence electrons. The normalized spacial score (nSPS) is 10.8. The molecular weight excluding hydrogens is 214 g/mol. The number of carbonyl (C=O) groups is 1. The van der Waals surface area contributed by atoms with E-state index in [1.165, 1.54) is 25.3 Å². The summed E-state index contributed by atoms with van der Waals surface area (Å²) in [5.74, 6) is -0.114. The topological polar surface area (TPSA) is 50.2 Å². The average Bonchev–Trinajstić information content (AvgIpc) is 2.28. The van der Waals surface area contributed by atoms with Crippen LogP contribution in [0, 0.1) is 5.92 Å². The van der Waals surface area contributed by atoms with Gasteiger partial charge in [-0.05, 0) is 30.9 Å². The number of nitrogens with zero attached hydrogens (tertiary/aromatic N) is 1. The Bertz CT molecular complexity index is 361. The minimum atomic E-state index is -0.881. The molecule has 0 aliphatic heterocycles. The monoisotopic (exact) mass is 235 g/mol. The van der Waals surface area contributed by atoms with Crippen LogP contribution < -0.4 is 0 Å². The van der Waals surface area contributed by atoms with Crippen LogP contribution in [0.3, 0.4) is 0 Å². The van der Waals surface area contributed by atoms with E-state index in [1.54, 1.807) is 12.3 Å². The van der Waals surface area contributed by atoms with Crippen LogP contribution in [0.4, 0.5) is 0 Å². The number of pyridine rings is 1. The van der Waals surface area contributed by atoms with Crippen LogP contribution in [0.1, 0.15) is 55.6 Å². The second kappa shape index (κ2) is 7.05. The Balaban J connectivity index is 2.31. The summed E-state index contributed by atoms with van der Waals surface area (Å²) in [5.41, 5.74) is 1.21. The highest BCUT2D eigenvalue weighted by Gasteiger charge is 2.04. The molecule has 0 spiro atoms. The van der Waals surface area contributed by atoms with Crippen LogP contribution in [0.2, 0.25) is 0 Å². The summed E-state index contributed by atoms with van der Waals surface area (Å²) in [5, 5.41) is 8.85. The van der Waals surface area contributed by atoms with Crippen molar-refractivity contribution in [2.24, 2.45) is 5.92 Å². The molecule has 1 heterocycles. The molecular formula is C14H21NO2. The van der Waals surface area contributed by atoms with Gasteiger partial charge in [-0.3, -0.25) is 4.98 Å². The Morgan fingerprint density at radius 1 is 1.35 bits per heavy atom. The van der Waals surface area contributed by atoms with Crippen LogP contribution in [0.15, 0.2) is 18.3 Å². The van der Waals surface area contributed by atoms with Gasteiger partial charge in [0, 0.05) is 11.9 Å². The van der Waals surface area contributed by atoms with Gasteiger partial charge in [0.25, 0.3) is 0 Å². The maximum absolute atomic E-state index is 10.8. The Kier molecular flexibility index (Phi) is 5.67. The molecule has 1 rings (SSSR count). The van der Waals surface area contributed by atoms with Gasteiger partial charge in [-0.1, -0.05) is 33.1 Å². The largest absolute Gasteiger partial charge is 0.478 e. The van der Waals surface area contributed by atoms with Crippen molar-refractivity contribution in [2.45, 2.75) is 46.0 Å². The fourth-order valence-electron chi connectivity index (χ4n) is 1.78. The number of aromatic nitrogens is 1. The predicted octanol–water partition coefficient (Wildman–Crippen LogP) is 3.54. The molecule has 0 fully saturated rings. The third kappa shape index (κ3) is 5.48. The molecule has 0 saturated heterocycles. The highest BCUT2D eigenvalue weighted by atomic mass is 16.4. The molecule has 17 heavy (non-hydrogen) atoms. The highest BCUT2D eigenvalue weighted by molar-refractivity contribution is 5.87. The molecule has 1 aromatic heterocycles. The van der Waals surface area contributed by atoms with E-state index in [0.29, 0.717) is 5.56 Å². The van der Waals surface area contributed by atoms with E-state index in [1.807, 2.05) is 0 Å². The fourth-order valence-corrected chi connectivity index (χ4v) is 1.78. The lowest BCUT2D eigenvalue weighted by Gasteiger charge is -2.04. The quantitative estimate of drug-likeness (QED) is 0.735. The first kappa shape index (κ1) is 13.7. The predicted molar refractivity (Wildman–Crippen MR) is 68.2 cm³/mol. The van der Waals surface area contributed by atoms with Crippen molar-refractivity contribution in [3.8, 4) is 0 Å². The third-order valence-corrected chi connectivity index (χ3v) is 2.78. The van der Waals surface area contributed by atoms with Gasteiger partial charge in [0.15, 0.2) is 0 Å². The zero-order valence-electron chi connectivity index (χ0n) is 10.6. The van der Waals surface area contributed by atoms with Crippen LogP contribution in [0.25, 0.3) is 0 Å². The Morgan fingerprint density at radius 2 is 2.12 bits per heavy atom. The SMILES string of the molecule is CC(C)CCCCCc1cc(C(=O)O)ccn1. The number of aryl methyl sites for hydroxylation is 1. The van der Waals surface area contributed by atoms with Gasteiger partial charge < -0.3 is 5.11 Å². The third-order valence-electron chi connectivity index (χ3n) is 2.78. The minimum Gasteiger partial charge on any atom is -0.478 e. The van der Waals surface area contributed by atoms with Crippen molar-refractivity contribution < 1.29 is 9.90 Å². The van der Waals surface area contributed by atoms with E-state index >= 15 is 0 Å². The van der Waals surface area contributed by atoms with Gasteiger partial charge in [0.2, 0.25) is 0 Å². The first-order valence-electron chi connectivity index (χ1n) is 6.28. The molecule has 3 nitrogen and oxygen atoms in total. The lowest BCUT2D eigenvalue weighted by molar-refractivity contribution is 0.0696. The zero-order valence-corrected chi connectivity index (χ0v) is 10.6. The van der Waals surface area contributed by atoms with E-state index < -0.39 is 5.97 Å². The summed E-state index contributed by atoms with van der Waals surface area (Å²) in [6.45, 7) is 4.47. The lowest BCUT2D eigenvalue weighted by Crippen LogP contribution is -1.99. The summed E-state index contributed by atoms with van der Waals surface area (Å²) in [4.78, 5) is 15.0. The minimum absolute atomic E-state index is 0.331. The summed E-state index contributed by atoms with van der Waals surface area (Å²) in [6, 6.07) is 3.20. The van der Waals surface area contributed by atoms with Gasteiger partial charge in [-0.15, -0.1) is 0 Å². The maximum atomic E-state index is 10.8. The molecule has 0 aromatic carbocycles. The zero-order chi connectivity index (χ0) is 12.7. The molecule has 0 bridgehead atoms. The van der Waals surface area contributed by atoms with E-state index in [-0.39, 0.29) is 0 Å². The molecule has 0 atom stereocenters. The Hall–Kier alpha value is -1.38. The number of hydrogen-bond acceptors (Lipinski definition) is 2. The Labute approximate surface area is 103 Å². The molecule has 0 aliphatic carbocycles. The standard InChI is InChI=1S/C14H21NO2/c1-11(2)6-4-3-5-7-13-10-12(14(16)17)8-9-15-13/h8-11H,3-7H2,1-2H3,(H,16,17). The van der Waals surface area contributed by atoms with E-state index in [0.717, 1.165) is 24.5 Å². The number of aromatic carboxylic acids is 1. The van der Waals surface area contributed by atoms with Crippen molar-refractivity contribution in [3.63, 3.8) is 0 Å². The van der Waals surface area contributed by atoms with Crippen molar-refractivity contribution in [1.82, 2.24) is 4.98 Å². The van der Waals surface area contributed by atoms with Crippen LogP contribution in [-0.4, -0.2) is 16.1 Å². The Morgan fingerprint density at radius 3 is 2.76 bits per heavy atom. The summed E-state index contributed by atoms with van der Waals surface area (Å²) in [7, 11) is 0. The van der Waals surface area contributed by atoms with Crippen molar-refractivity contribution in [2.75, 3.05) is 0 Å². The molecule has 3 heteroatoms. The van der Waals surface area contributed by atoms with Gasteiger partial charge in [-0.2, -0.15) is 0 Å². The number of carboxylic acid groups (broad SMARTS) is 1. The number of hydrogen-bond donors (Lipinski definition) is 1. The van der Waals surface area contributed by atoms with Gasteiger partial charge in [0.05, 0.1) is 5.56 Å². The summed E-state index contributed by atoms with van der Waals surface area (Å²) < 4.78 is 0. The first-order valence-corrected chi connectivity index (χ1v) is 6.28. The molecule has 0 aliphatic rings. The van der Waals surface area contributed by atoms with Crippen molar-refractivity contribution >= 4 is 5.97 Å². The smallest absolute Gasteiger partial charge is 0.335 e. The highest BCUT2D eigenvalue weighted by Crippen LogP contribution is 2.11. The molecule has 0 amide bonds. The van der Waals surface area contributed by atoms with E-state index in [4.69, 9.17) is 5.11 Å². The second-order valence-electron chi connectivity index (χ2n) is 4.83. The van der Waals surface area contributed by atoms with Gasteiger partial charge in [-0.25, -0.2) is 4.79 Å². The molecule has 1 N–H and O–H groups in total. The number of rotatable bonds is 7. The van der Waals surface area contributed by atoms with E-state index in [9.17, 15) is 4.79 Å².